The zero-order valence-electron chi connectivity index (χ0n) is 16.9. The Labute approximate surface area is 182 Å². The number of carbonyl (C=O) groups excluding carboxylic acids is 2. The normalized spacial score (nSPS) is 21.6. The minimum absolute atomic E-state index is 0.272. The number of alkyl halides is 1. The first kappa shape index (κ1) is 23.2. The fraction of sp³-hybridized carbons (Fsp3) is 0.579. The van der Waals surface area contributed by atoms with Crippen molar-refractivity contribution in [1.82, 2.24) is 4.31 Å². The fourth-order valence-electron chi connectivity index (χ4n) is 2.78. The van der Waals surface area contributed by atoms with E-state index in [1.54, 1.807) is 59.7 Å². The van der Waals surface area contributed by atoms with Gasteiger partial charge in [-0.05, 0) is 60.1 Å². The van der Waals surface area contributed by atoms with Gasteiger partial charge in [0.2, 0.25) is 0 Å². The first-order valence-corrected chi connectivity index (χ1v) is 11.2. The van der Waals surface area contributed by atoms with Crippen LogP contribution in [-0.2, 0) is 25.4 Å². The number of hydrogen-bond donors (Lipinski definition) is 1. The molecular formula is C19H26BrClN2O4S. The van der Waals surface area contributed by atoms with Crippen molar-refractivity contribution in [2.24, 2.45) is 0 Å². The molecule has 2 amide bonds. The average Bonchev–Trinajstić information content (AvgIpc) is 2.80. The van der Waals surface area contributed by atoms with E-state index in [0.29, 0.717) is 15.7 Å². The van der Waals surface area contributed by atoms with E-state index < -0.39 is 38.2 Å². The van der Waals surface area contributed by atoms with Gasteiger partial charge in [-0.15, -0.1) is 11.6 Å². The van der Waals surface area contributed by atoms with Gasteiger partial charge >= 0.3 is 6.09 Å². The lowest BCUT2D eigenvalue weighted by molar-refractivity contribution is -0.126. The summed E-state index contributed by atoms with van der Waals surface area (Å²) in [7, 11) is -1.52. The van der Waals surface area contributed by atoms with Gasteiger partial charge in [0.05, 0.1) is 10.4 Å². The molecule has 1 heterocycles. The third kappa shape index (κ3) is 5.07. The highest BCUT2D eigenvalue weighted by Crippen LogP contribution is 2.45. The minimum Gasteiger partial charge on any atom is -0.444 e. The number of anilines is 1. The predicted octanol–water partition coefficient (Wildman–Crippen LogP) is 4.92. The second-order valence-electron chi connectivity index (χ2n) is 8.64. The summed E-state index contributed by atoms with van der Waals surface area (Å²) in [5.74, 6) is -0.433. The van der Waals surface area contributed by atoms with Crippen molar-refractivity contribution in [2.45, 2.75) is 63.2 Å². The molecule has 1 aromatic rings. The minimum atomic E-state index is -1.52. The molecule has 0 saturated carbocycles. The van der Waals surface area contributed by atoms with Crippen molar-refractivity contribution in [2.75, 3.05) is 11.9 Å². The van der Waals surface area contributed by atoms with E-state index in [1.807, 2.05) is 0 Å². The van der Waals surface area contributed by atoms with Crippen molar-refractivity contribution in [1.29, 1.82) is 0 Å². The molecule has 0 aromatic heterocycles. The summed E-state index contributed by atoms with van der Waals surface area (Å²) >= 11 is 10.1. The van der Waals surface area contributed by atoms with Gasteiger partial charge in [-0.25, -0.2) is 9.00 Å². The molecule has 0 bridgehead atoms. The second kappa shape index (κ2) is 7.95. The molecule has 0 radical (unpaired) electrons. The highest BCUT2D eigenvalue weighted by molar-refractivity contribution is 9.10. The van der Waals surface area contributed by atoms with E-state index in [0.717, 1.165) is 0 Å². The van der Waals surface area contributed by atoms with Crippen LogP contribution in [0.3, 0.4) is 0 Å². The third-order valence-electron chi connectivity index (χ3n) is 3.99. The maximum Gasteiger partial charge on any atom is 0.412 e. The van der Waals surface area contributed by atoms with Gasteiger partial charge in [0.1, 0.15) is 16.6 Å². The Hall–Kier alpha value is -1.12. The topological polar surface area (TPSA) is 75.7 Å². The number of rotatable bonds is 3. The second-order valence-corrected chi connectivity index (χ2v) is 12.4. The van der Waals surface area contributed by atoms with Crippen LogP contribution in [0.15, 0.2) is 22.7 Å². The van der Waals surface area contributed by atoms with Crippen LogP contribution in [-0.4, -0.2) is 37.4 Å². The van der Waals surface area contributed by atoms with Gasteiger partial charge in [-0.3, -0.25) is 14.4 Å². The van der Waals surface area contributed by atoms with Gasteiger partial charge in [0.25, 0.3) is 5.91 Å². The van der Waals surface area contributed by atoms with Gasteiger partial charge in [0, 0.05) is 16.6 Å². The molecule has 0 aliphatic carbocycles. The first-order chi connectivity index (χ1) is 12.6. The number of nitrogens with zero attached hydrogens (tertiary/aromatic N) is 1. The largest absolute Gasteiger partial charge is 0.444 e. The lowest BCUT2D eigenvalue weighted by Crippen LogP contribution is -2.42. The zero-order chi connectivity index (χ0) is 21.5. The van der Waals surface area contributed by atoms with Gasteiger partial charge in [-0.1, -0.05) is 22.0 Å². The lowest BCUT2D eigenvalue weighted by Gasteiger charge is -2.28. The predicted molar refractivity (Wildman–Crippen MR) is 116 cm³/mol. The van der Waals surface area contributed by atoms with E-state index in [1.165, 1.54) is 4.31 Å². The number of halogens is 2. The summed E-state index contributed by atoms with van der Waals surface area (Å²) in [4.78, 5) is 24.0. The summed E-state index contributed by atoms with van der Waals surface area (Å²) < 4.78 is 19.5. The third-order valence-corrected chi connectivity index (χ3v) is 6.84. The van der Waals surface area contributed by atoms with Crippen molar-refractivity contribution in [3.8, 4) is 0 Å². The van der Waals surface area contributed by atoms with Crippen LogP contribution in [0.25, 0.3) is 0 Å². The zero-order valence-corrected chi connectivity index (χ0v) is 20.0. The van der Waals surface area contributed by atoms with E-state index in [9.17, 15) is 13.8 Å². The molecule has 2 atom stereocenters. The molecule has 2 rings (SSSR count). The molecule has 6 nitrogen and oxygen atoms in total. The number of nitrogens with one attached hydrogen (secondary N) is 1. The number of hydrogen-bond acceptors (Lipinski definition) is 4. The van der Waals surface area contributed by atoms with Crippen LogP contribution in [0, 0.1) is 0 Å². The molecule has 0 spiro atoms. The van der Waals surface area contributed by atoms with Crippen LogP contribution >= 0.6 is 27.5 Å². The van der Waals surface area contributed by atoms with E-state index in [2.05, 4.69) is 21.2 Å². The average molecular weight is 494 g/mol. The lowest BCUT2D eigenvalue weighted by atomic mass is 9.95. The quantitative estimate of drug-likeness (QED) is 0.606. The van der Waals surface area contributed by atoms with Crippen molar-refractivity contribution in [3.63, 3.8) is 0 Å². The highest BCUT2D eigenvalue weighted by atomic mass is 79.9. The van der Waals surface area contributed by atoms with E-state index in [-0.39, 0.29) is 13.0 Å². The Kier molecular flexibility index (Phi) is 6.58. The van der Waals surface area contributed by atoms with E-state index >= 15 is 0 Å². The SMILES string of the molecule is CC(C)(C)OC(=O)Nc1cc(Br)ccc1C1(Cl)CCN([S@@](=O)C(C)(C)C)C1=O. The summed E-state index contributed by atoms with van der Waals surface area (Å²) in [5.41, 5.74) is 0.149. The van der Waals surface area contributed by atoms with Crippen LogP contribution in [0.4, 0.5) is 10.5 Å². The Morgan fingerprint density at radius 3 is 2.43 bits per heavy atom. The molecule has 1 aliphatic rings. The summed E-state index contributed by atoms with van der Waals surface area (Å²) in [6.07, 6.45) is -0.368. The standard InChI is InChI=1S/C19H26BrClN2O4S/c1-17(2,3)27-16(25)22-14-11-12(20)7-8-13(14)19(21)9-10-23(15(19)24)28(26)18(4,5)6/h7-8,11H,9-10H2,1-6H3,(H,22,25)/t19?,28-/m0/s1. The first-order valence-electron chi connectivity index (χ1n) is 8.88. The molecule has 28 heavy (non-hydrogen) atoms. The number of ether oxygens (including phenoxy) is 1. The maximum atomic E-state index is 13.1. The molecule has 156 valence electrons. The smallest absolute Gasteiger partial charge is 0.412 e. The molecule has 1 aromatic carbocycles. The van der Waals surface area contributed by atoms with Gasteiger partial charge in [-0.2, -0.15) is 0 Å². The summed E-state index contributed by atoms with van der Waals surface area (Å²) in [5, 5.41) is 2.68. The monoisotopic (exact) mass is 492 g/mol. The molecule has 1 N–H and O–H groups in total. The molecular weight excluding hydrogens is 468 g/mol. The van der Waals surface area contributed by atoms with Crippen LogP contribution in [0.2, 0.25) is 0 Å². The molecule has 1 unspecified atom stereocenters. The Morgan fingerprint density at radius 1 is 1.29 bits per heavy atom. The van der Waals surface area contributed by atoms with Crippen LogP contribution in [0.5, 0.6) is 0 Å². The molecule has 9 heteroatoms. The summed E-state index contributed by atoms with van der Waals surface area (Å²) in [6.45, 7) is 11.0. The fourth-order valence-corrected chi connectivity index (χ4v) is 4.77. The number of carbonyl (C=O) groups is 2. The van der Waals surface area contributed by atoms with Crippen molar-refractivity contribution in [3.05, 3.63) is 28.2 Å². The number of benzene rings is 1. The molecule has 1 fully saturated rings. The summed E-state index contributed by atoms with van der Waals surface area (Å²) in [6, 6.07) is 5.10. The van der Waals surface area contributed by atoms with Crippen molar-refractivity contribution < 1.29 is 18.5 Å². The van der Waals surface area contributed by atoms with Gasteiger partial charge in [0.15, 0.2) is 4.87 Å². The molecule has 1 aliphatic heterocycles. The van der Waals surface area contributed by atoms with Crippen molar-refractivity contribution >= 4 is 56.2 Å². The Balaban J connectivity index is 2.38. The van der Waals surface area contributed by atoms with E-state index in [4.69, 9.17) is 16.3 Å². The number of amides is 2. The van der Waals surface area contributed by atoms with Crippen LogP contribution < -0.4 is 5.32 Å². The highest BCUT2D eigenvalue weighted by Gasteiger charge is 2.51. The van der Waals surface area contributed by atoms with Gasteiger partial charge < -0.3 is 4.74 Å². The molecule has 1 saturated heterocycles. The van der Waals surface area contributed by atoms with Crippen LogP contribution in [0.1, 0.15) is 53.5 Å². The Morgan fingerprint density at radius 2 is 1.89 bits per heavy atom. The Bertz CT molecular complexity index is 819. The maximum absolute atomic E-state index is 13.1.